The molecule has 2 amide bonds. The lowest BCUT2D eigenvalue weighted by Crippen LogP contribution is -2.52. The van der Waals surface area contributed by atoms with Crippen LogP contribution in [0.25, 0.3) is 5.52 Å². The molecule has 1 fully saturated rings. The second-order valence-corrected chi connectivity index (χ2v) is 10.1. The molecule has 212 valence electrons. The summed E-state index contributed by atoms with van der Waals surface area (Å²) in [6, 6.07) is 3.74. The summed E-state index contributed by atoms with van der Waals surface area (Å²) in [6.45, 7) is 3.93. The Morgan fingerprint density at radius 1 is 1.18 bits per heavy atom. The van der Waals surface area contributed by atoms with Crippen molar-refractivity contribution in [1.29, 1.82) is 0 Å². The average molecular weight is 575 g/mol. The SMILES string of the molecule is CC(C)(C)OC(=O)N1C[C@@H](NC(=O)c2cc3cc(Cl)ccn3n2)CC[C@@H]1c1nnc(OCCOC(F)(F)F)o1. The Hall–Kier alpha value is -3.59. The van der Waals surface area contributed by atoms with Gasteiger partial charge in [-0.15, -0.1) is 18.3 Å². The molecule has 39 heavy (non-hydrogen) atoms. The van der Waals surface area contributed by atoms with Gasteiger partial charge in [-0.2, -0.15) is 5.10 Å². The van der Waals surface area contributed by atoms with Gasteiger partial charge in [0.2, 0.25) is 5.89 Å². The molecule has 2 atom stereocenters. The van der Waals surface area contributed by atoms with E-state index in [1.165, 1.54) is 9.42 Å². The molecule has 0 spiro atoms. The van der Waals surface area contributed by atoms with Gasteiger partial charge in [-0.25, -0.2) is 9.31 Å². The molecule has 1 aliphatic heterocycles. The van der Waals surface area contributed by atoms with Crippen LogP contribution in [0.15, 0.2) is 28.8 Å². The first-order valence-electron chi connectivity index (χ1n) is 11.9. The molecule has 0 bridgehead atoms. The third-order valence-corrected chi connectivity index (χ3v) is 5.72. The van der Waals surface area contributed by atoms with Crippen molar-refractivity contribution >= 4 is 29.1 Å². The minimum absolute atomic E-state index is 0.00889. The summed E-state index contributed by atoms with van der Waals surface area (Å²) >= 11 is 6.01. The van der Waals surface area contributed by atoms with Gasteiger partial charge < -0.3 is 19.2 Å². The van der Waals surface area contributed by atoms with E-state index in [0.717, 1.165) is 0 Å². The van der Waals surface area contributed by atoms with E-state index < -0.39 is 49.3 Å². The number of hydrogen-bond acceptors (Lipinski definition) is 9. The van der Waals surface area contributed by atoms with Gasteiger partial charge in [-0.3, -0.25) is 14.4 Å². The summed E-state index contributed by atoms with van der Waals surface area (Å²) < 4.78 is 57.5. The normalized spacial score (nSPS) is 18.3. The molecule has 0 aromatic carbocycles. The van der Waals surface area contributed by atoms with E-state index in [1.807, 2.05) is 0 Å². The van der Waals surface area contributed by atoms with Crippen LogP contribution in [0, 0.1) is 0 Å². The molecular formula is C23H26ClF3N6O6. The van der Waals surface area contributed by atoms with Crippen LogP contribution in [-0.4, -0.2) is 74.5 Å². The number of carbonyl (C=O) groups excluding carboxylic acids is 2. The molecule has 0 radical (unpaired) electrons. The van der Waals surface area contributed by atoms with Crippen molar-refractivity contribution in [3.8, 4) is 6.08 Å². The molecule has 0 unspecified atom stereocenters. The number of nitrogens with zero attached hydrogens (tertiary/aromatic N) is 5. The fourth-order valence-electron chi connectivity index (χ4n) is 3.91. The first kappa shape index (κ1) is 28.4. The van der Waals surface area contributed by atoms with Crippen LogP contribution in [0.2, 0.25) is 5.02 Å². The van der Waals surface area contributed by atoms with Crippen molar-refractivity contribution in [3.63, 3.8) is 0 Å². The summed E-state index contributed by atoms with van der Waals surface area (Å²) in [5, 5.41) is 15.2. The second kappa shape index (κ2) is 11.3. The van der Waals surface area contributed by atoms with Crippen LogP contribution >= 0.6 is 11.6 Å². The van der Waals surface area contributed by atoms with Gasteiger partial charge in [0.15, 0.2) is 5.69 Å². The number of amides is 2. The molecule has 3 aromatic heterocycles. The van der Waals surface area contributed by atoms with E-state index in [-0.39, 0.29) is 24.2 Å². The number of aromatic nitrogens is 4. The largest absolute Gasteiger partial charge is 0.522 e. The maximum Gasteiger partial charge on any atom is 0.522 e. The minimum atomic E-state index is -4.79. The first-order valence-corrected chi connectivity index (χ1v) is 12.3. The fraction of sp³-hybridized carbons (Fsp3) is 0.522. The minimum Gasteiger partial charge on any atom is -0.447 e. The van der Waals surface area contributed by atoms with Crippen LogP contribution in [-0.2, 0) is 9.47 Å². The number of carbonyl (C=O) groups is 2. The van der Waals surface area contributed by atoms with E-state index in [1.54, 1.807) is 45.2 Å². The molecule has 1 aliphatic rings. The highest BCUT2D eigenvalue weighted by molar-refractivity contribution is 6.30. The zero-order chi connectivity index (χ0) is 28.4. The lowest BCUT2D eigenvalue weighted by Gasteiger charge is -2.38. The molecule has 12 nitrogen and oxygen atoms in total. The molecule has 0 saturated carbocycles. The predicted octanol–water partition coefficient (Wildman–Crippen LogP) is 4.16. The summed E-state index contributed by atoms with van der Waals surface area (Å²) in [5.74, 6) is -0.424. The van der Waals surface area contributed by atoms with Crippen LogP contribution in [0.1, 0.15) is 56.0 Å². The number of ether oxygens (including phenoxy) is 3. The lowest BCUT2D eigenvalue weighted by atomic mass is 9.98. The Morgan fingerprint density at radius 2 is 1.95 bits per heavy atom. The molecule has 0 aliphatic carbocycles. The van der Waals surface area contributed by atoms with Gasteiger partial charge in [0.05, 0.1) is 12.1 Å². The Kier molecular flexibility index (Phi) is 8.20. The van der Waals surface area contributed by atoms with E-state index >= 15 is 0 Å². The number of alkyl halides is 3. The van der Waals surface area contributed by atoms with Crippen molar-refractivity contribution in [2.45, 2.75) is 57.7 Å². The summed E-state index contributed by atoms with van der Waals surface area (Å²) in [6.07, 6.45) is -3.45. The Morgan fingerprint density at radius 3 is 2.67 bits per heavy atom. The van der Waals surface area contributed by atoms with Gasteiger partial charge in [0.1, 0.15) is 18.2 Å². The van der Waals surface area contributed by atoms with Crippen molar-refractivity contribution < 1.29 is 41.4 Å². The number of hydrogen-bond donors (Lipinski definition) is 1. The van der Waals surface area contributed by atoms with Gasteiger partial charge in [-0.1, -0.05) is 16.7 Å². The standard InChI is InChI=1S/C23H26ClF3N6O6/c1-22(2,3)39-21(35)32-12-14(28-18(34)16-11-15-10-13(24)6-7-33(15)31-16)4-5-17(32)19-29-30-20(38-19)36-8-9-37-23(25,26)27/h6-7,10-11,14,17H,4-5,8-9,12H2,1-3H3,(H,28,34)/t14-,17+/m0/s1. The highest BCUT2D eigenvalue weighted by atomic mass is 35.5. The van der Waals surface area contributed by atoms with E-state index in [2.05, 4.69) is 25.3 Å². The number of rotatable bonds is 7. The van der Waals surface area contributed by atoms with Crippen LogP contribution < -0.4 is 10.1 Å². The summed E-state index contributed by atoms with van der Waals surface area (Å²) in [5.41, 5.74) is 0.0135. The molecular weight excluding hydrogens is 549 g/mol. The molecule has 4 rings (SSSR count). The fourth-order valence-corrected chi connectivity index (χ4v) is 4.07. The van der Waals surface area contributed by atoms with Crippen molar-refractivity contribution in [1.82, 2.24) is 30.0 Å². The molecule has 16 heteroatoms. The van der Waals surface area contributed by atoms with Gasteiger partial charge >= 0.3 is 18.5 Å². The third-order valence-electron chi connectivity index (χ3n) is 5.48. The van der Waals surface area contributed by atoms with Gasteiger partial charge in [0, 0.05) is 23.8 Å². The maximum atomic E-state index is 13.1. The number of nitrogens with one attached hydrogen (secondary N) is 1. The van der Waals surface area contributed by atoms with Crippen LogP contribution in [0.3, 0.4) is 0 Å². The lowest BCUT2D eigenvalue weighted by molar-refractivity contribution is -0.325. The molecule has 1 saturated heterocycles. The summed E-state index contributed by atoms with van der Waals surface area (Å²) in [7, 11) is 0. The Labute approximate surface area is 225 Å². The van der Waals surface area contributed by atoms with Crippen molar-refractivity contribution in [2.75, 3.05) is 19.8 Å². The molecule has 3 aromatic rings. The predicted molar refractivity (Wildman–Crippen MR) is 128 cm³/mol. The Bertz CT molecular complexity index is 1320. The van der Waals surface area contributed by atoms with E-state index in [4.69, 9.17) is 25.5 Å². The zero-order valence-electron chi connectivity index (χ0n) is 21.2. The quantitative estimate of drug-likeness (QED) is 0.413. The highest BCUT2D eigenvalue weighted by Crippen LogP contribution is 2.33. The topological polar surface area (TPSA) is 133 Å². The number of piperidine rings is 1. The van der Waals surface area contributed by atoms with E-state index in [9.17, 15) is 22.8 Å². The number of fused-ring (bicyclic) bond motifs is 1. The first-order chi connectivity index (χ1) is 18.3. The smallest absolute Gasteiger partial charge is 0.447 e. The zero-order valence-corrected chi connectivity index (χ0v) is 22.0. The van der Waals surface area contributed by atoms with Crippen molar-refractivity contribution in [3.05, 3.63) is 41.0 Å². The van der Waals surface area contributed by atoms with Crippen molar-refractivity contribution in [2.24, 2.45) is 0 Å². The summed E-state index contributed by atoms with van der Waals surface area (Å²) in [4.78, 5) is 27.4. The van der Waals surface area contributed by atoms with Crippen LogP contribution in [0.4, 0.5) is 18.0 Å². The van der Waals surface area contributed by atoms with Gasteiger partial charge in [0.25, 0.3) is 5.91 Å². The van der Waals surface area contributed by atoms with Gasteiger partial charge in [-0.05, 0) is 51.8 Å². The second-order valence-electron chi connectivity index (χ2n) is 9.69. The maximum absolute atomic E-state index is 13.1. The molecule has 1 N–H and O–H groups in total. The number of likely N-dealkylation sites (tertiary alicyclic amines) is 1. The highest BCUT2D eigenvalue weighted by Gasteiger charge is 2.39. The Balaban J connectivity index is 1.44. The number of pyridine rings is 1. The third kappa shape index (κ3) is 7.72. The average Bonchev–Trinajstić information content (AvgIpc) is 3.47. The monoisotopic (exact) mass is 574 g/mol. The van der Waals surface area contributed by atoms with Crippen LogP contribution in [0.5, 0.6) is 6.08 Å². The van der Waals surface area contributed by atoms with E-state index in [0.29, 0.717) is 23.4 Å². The number of halogens is 4. The molecule has 4 heterocycles.